The lowest BCUT2D eigenvalue weighted by atomic mass is 10.1. The molecule has 0 radical (unpaired) electrons. The Labute approximate surface area is 80.2 Å². The molecule has 0 saturated heterocycles. The first-order chi connectivity index (χ1) is 6.65. The van der Waals surface area contributed by atoms with Gasteiger partial charge in [-0.2, -0.15) is 0 Å². The number of furan rings is 1. The van der Waals surface area contributed by atoms with Crippen molar-refractivity contribution in [2.24, 2.45) is 0 Å². The highest BCUT2D eigenvalue weighted by Gasteiger charge is 2.13. The van der Waals surface area contributed by atoms with Gasteiger partial charge in [0.2, 0.25) is 0 Å². The molecule has 0 atom stereocenters. The Bertz CT molecular complexity index is 384. The molecule has 1 aromatic heterocycles. The summed E-state index contributed by atoms with van der Waals surface area (Å²) in [5, 5.41) is 8.77. The third-order valence-corrected chi connectivity index (χ3v) is 1.50. The highest BCUT2D eigenvalue weighted by Crippen LogP contribution is 2.14. The van der Waals surface area contributed by atoms with E-state index < -0.39 is 11.8 Å². The molecule has 0 amide bonds. The van der Waals surface area contributed by atoms with Crippen molar-refractivity contribution in [2.45, 2.75) is 0 Å². The van der Waals surface area contributed by atoms with E-state index in [1.807, 2.05) is 0 Å². The van der Waals surface area contributed by atoms with Crippen LogP contribution in [0.25, 0.3) is 5.57 Å². The van der Waals surface area contributed by atoms with Crippen LogP contribution in [0.1, 0.15) is 5.76 Å². The number of carbonyl (C=O) groups excluding carboxylic acids is 1. The molecule has 0 aliphatic carbocycles. The van der Waals surface area contributed by atoms with Gasteiger partial charge in [-0.15, -0.1) is 0 Å². The van der Waals surface area contributed by atoms with E-state index in [9.17, 15) is 9.59 Å². The Morgan fingerprint density at radius 2 is 2.21 bits per heavy atom. The van der Waals surface area contributed by atoms with Crippen LogP contribution >= 0.6 is 0 Å². The van der Waals surface area contributed by atoms with Crippen LogP contribution in [0.3, 0.4) is 0 Å². The molecule has 1 N–H and O–H groups in total. The first-order valence-electron chi connectivity index (χ1n) is 3.80. The second kappa shape index (κ2) is 4.23. The lowest BCUT2D eigenvalue weighted by Crippen LogP contribution is -2.01. The third-order valence-electron chi connectivity index (χ3n) is 1.50. The number of carbonyl (C=O) groups is 2. The summed E-state index contributed by atoms with van der Waals surface area (Å²) in [7, 11) is 0. The first kappa shape index (κ1) is 9.98. The molecule has 0 aliphatic heterocycles. The fraction of sp³-hybridized carbons (Fsp3) is 0. The average molecular weight is 192 g/mol. The van der Waals surface area contributed by atoms with Gasteiger partial charge in [0.1, 0.15) is 11.3 Å². The van der Waals surface area contributed by atoms with Gasteiger partial charge in [0.05, 0.1) is 6.26 Å². The van der Waals surface area contributed by atoms with Crippen LogP contribution in [-0.2, 0) is 9.59 Å². The first-order valence-corrected chi connectivity index (χ1v) is 3.80. The maximum atomic E-state index is 10.9. The second-order valence-corrected chi connectivity index (χ2v) is 2.45. The zero-order chi connectivity index (χ0) is 10.6. The maximum Gasteiger partial charge on any atom is 0.339 e. The minimum Gasteiger partial charge on any atom is -0.478 e. The molecule has 72 valence electrons. The summed E-state index contributed by atoms with van der Waals surface area (Å²) in [6, 6.07) is 3.01. The summed E-state index contributed by atoms with van der Waals surface area (Å²) in [5.74, 6) is -1.54. The van der Waals surface area contributed by atoms with E-state index in [0.29, 0.717) is 0 Å². The molecule has 4 heteroatoms. The Morgan fingerprint density at radius 3 is 2.64 bits per heavy atom. The fourth-order valence-corrected chi connectivity index (χ4v) is 0.871. The van der Waals surface area contributed by atoms with Gasteiger partial charge >= 0.3 is 5.97 Å². The van der Waals surface area contributed by atoms with E-state index in [2.05, 4.69) is 6.58 Å². The molecule has 0 fully saturated rings. The quantitative estimate of drug-likeness (QED) is 0.734. The molecule has 4 nitrogen and oxygen atoms in total. The van der Waals surface area contributed by atoms with Crippen LogP contribution in [-0.4, -0.2) is 16.9 Å². The van der Waals surface area contributed by atoms with Crippen LogP contribution in [0.2, 0.25) is 0 Å². The van der Waals surface area contributed by atoms with Gasteiger partial charge in [-0.1, -0.05) is 6.58 Å². The molecular formula is C10H8O4. The molecule has 1 heterocycles. The largest absolute Gasteiger partial charge is 0.478 e. The van der Waals surface area contributed by atoms with E-state index in [1.54, 1.807) is 6.07 Å². The van der Waals surface area contributed by atoms with Crippen molar-refractivity contribution in [3.05, 3.63) is 42.9 Å². The van der Waals surface area contributed by atoms with Crippen molar-refractivity contribution >= 4 is 17.3 Å². The van der Waals surface area contributed by atoms with Crippen molar-refractivity contribution in [2.75, 3.05) is 0 Å². The molecule has 14 heavy (non-hydrogen) atoms. The van der Waals surface area contributed by atoms with Crippen molar-refractivity contribution in [1.82, 2.24) is 0 Å². The normalized spacial score (nSPS) is 11.0. The second-order valence-electron chi connectivity index (χ2n) is 2.45. The molecule has 0 aromatic carbocycles. The monoisotopic (exact) mass is 192 g/mol. The average Bonchev–Trinajstić information content (AvgIpc) is 2.65. The van der Waals surface area contributed by atoms with Gasteiger partial charge < -0.3 is 9.52 Å². The van der Waals surface area contributed by atoms with Crippen LogP contribution in [0.4, 0.5) is 0 Å². The van der Waals surface area contributed by atoms with Crippen molar-refractivity contribution in [3.8, 4) is 0 Å². The van der Waals surface area contributed by atoms with E-state index in [0.717, 1.165) is 12.2 Å². The lowest BCUT2D eigenvalue weighted by molar-refractivity contribution is -0.130. The molecule has 1 rings (SSSR count). The lowest BCUT2D eigenvalue weighted by Gasteiger charge is -1.95. The van der Waals surface area contributed by atoms with Gasteiger partial charge in [0, 0.05) is 6.08 Å². The molecule has 0 aliphatic rings. The van der Waals surface area contributed by atoms with Crippen LogP contribution in [0, 0.1) is 0 Å². The summed E-state index contributed by atoms with van der Waals surface area (Å²) >= 11 is 0. The molecule has 0 unspecified atom stereocenters. The van der Waals surface area contributed by atoms with Gasteiger partial charge in [-0.3, -0.25) is 4.79 Å². The van der Waals surface area contributed by atoms with Crippen molar-refractivity contribution < 1.29 is 19.1 Å². The summed E-state index contributed by atoms with van der Waals surface area (Å²) in [6.07, 6.45) is 3.34. The number of rotatable bonds is 4. The van der Waals surface area contributed by atoms with E-state index in [1.165, 1.54) is 12.3 Å². The van der Waals surface area contributed by atoms with Crippen LogP contribution < -0.4 is 0 Å². The smallest absolute Gasteiger partial charge is 0.339 e. The molecule has 1 aromatic rings. The van der Waals surface area contributed by atoms with E-state index in [4.69, 9.17) is 9.52 Å². The number of hydrogen-bond acceptors (Lipinski definition) is 3. The zero-order valence-electron chi connectivity index (χ0n) is 7.27. The van der Waals surface area contributed by atoms with Crippen molar-refractivity contribution in [1.29, 1.82) is 0 Å². The molecule has 0 spiro atoms. The minimum absolute atomic E-state index is 0.146. The molecule has 0 bridgehead atoms. The highest BCUT2D eigenvalue weighted by molar-refractivity contribution is 6.21. The SMILES string of the molecule is C=CC(=O)C=C(C(=O)O)c1ccco1. The zero-order valence-corrected chi connectivity index (χ0v) is 7.27. The minimum atomic E-state index is -1.21. The number of ketones is 1. The van der Waals surface area contributed by atoms with Crippen LogP contribution in [0.5, 0.6) is 0 Å². The Hall–Kier alpha value is -2.10. The summed E-state index contributed by atoms with van der Waals surface area (Å²) in [6.45, 7) is 3.24. The van der Waals surface area contributed by atoms with Crippen LogP contribution in [0.15, 0.2) is 41.5 Å². The summed E-state index contributed by atoms with van der Waals surface area (Å²) in [4.78, 5) is 21.7. The Kier molecular flexibility index (Phi) is 3.01. The highest BCUT2D eigenvalue weighted by atomic mass is 16.4. The predicted octanol–water partition coefficient (Wildman–Crippen LogP) is 1.50. The topological polar surface area (TPSA) is 67.5 Å². The van der Waals surface area contributed by atoms with Crippen molar-refractivity contribution in [3.63, 3.8) is 0 Å². The third kappa shape index (κ3) is 2.20. The van der Waals surface area contributed by atoms with E-state index >= 15 is 0 Å². The number of hydrogen-bond donors (Lipinski definition) is 1. The number of carboxylic acid groups (broad SMARTS) is 1. The summed E-state index contributed by atoms with van der Waals surface area (Å²) in [5.41, 5.74) is -0.181. The molecule has 0 saturated carbocycles. The standard InChI is InChI=1S/C10H8O4/c1-2-7(11)6-8(10(12)13)9-4-3-5-14-9/h2-6H,1H2,(H,12,13). The molecular weight excluding hydrogens is 184 g/mol. The number of carboxylic acids is 1. The van der Waals surface area contributed by atoms with Gasteiger partial charge in [0.15, 0.2) is 5.78 Å². The van der Waals surface area contributed by atoms with E-state index in [-0.39, 0.29) is 11.3 Å². The van der Waals surface area contributed by atoms with Gasteiger partial charge in [0.25, 0.3) is 0 Å². The maximum absolute atomic E-state index is 10.9. The Morgan fingerprint density at radius 1 is 1.50 bits per heavy atom. The number of aliphatic carboxylic acids is 1. The Balaban J connectivity index is 3.09. The summed E-state index contributed by atoms with van der Waals surface area (Å²) < 4.78 is 4.87. The fourth-order valence-electron chi connectivity index (χ4n) is 0.871. The predicted molar refractivity (Wildman–Crippen MR) is 49.5 cm³/mol. The van der Waals surface area contributed by atoms with Gasteiger partial charge in [-0.05, 0) is 18.2 Å². The van der Waals surface area contributed by atoms with Gasteiger partial charge in [-0.25, -0.2) is 4.79 Å². The number of allylic oxidation sites excluding steroid dienone is 2.